The van der Waals surface area contributed by atoms with Crippen molar-refractivity contribution in [3.63, 3.8) is 0 Å². The van der Waals surface area contributed by atoms with E-state index in [-0.39, 0.29) is 18.3 Å². The molecule has 0 radical (unpaired) electrons. The van der Waals surface area contributed by atoms with Crippen LogP contribution in [0.3, 0.4) is 0 Å². The zero-order chi connectivity index (χ0) is 24.2. The number of hydrogen-bond donors (Lipinski definition) is 1. The molecule has 8 nitrogen and oxygen atoms in total. The zero-order valence-corrected chi connectivity index (χ0v) is 19.8. The van der Waals surface area contributed by atoms with E-state index in [1.54, 1.807) is 12.1 Å². The highest BCUT2D eigenvalue weighted by atomic mass is 19.1. The van der Waals surface area contributed by atoms with Crippen LogP contribution in [0.4, 0.5) is 10.2 Å². The topological polar surface area (TPSA) is 90.3 Å². The molecule has 1 aliphatic heterocycles. The Labute approximate surface area is 198 Å². The number of anilines is 1. The van der Waals surface area contributed by atoms with Crippen molar-refractivity contribution >= 4 is 11.7 Å². The highest BCUT2D eigenvalue weighted by molar-refractivity contribution is 5.93. The first-order chi connectivity index (χ1) is 16.3. The van der Waals surface area contributed by atoms with Gasteiger partial charge >= 0.3 is 0 Å². The summed E-state index contributed by atoms with van der Waals surface area (Å²) < 4.78 is 20.4. The zero-order valence-electron chi connectivity index (χ0n) is 19.8. The molecule has 1 fully saturated rings. The number of carbonyl (C=O) groups excluding carboxylic acids is 1. The number of piperazine rings is 1. The van der Waals surface area contributed by atoms with E-state index in [2.05, 4.69) is 26.3 Å². The summed E-state index contributed by atoms with van der Waals surface area (Å²) in [6, 6.07) is 10.4. The first-order valence-corrected chi connectivity index (χ1v) is 11.3. The van der Waals surface area contributed by atoms with E-state index in [9.17, 15) is 14.4 Å². The van der Waals surface area contributed by atoms with Gasteiger partial charge in [-0.05, 0) is 44.0 Å². The van der Waals surface area contributed by atoms with Gasteiger partial charge in [0.1, 0.15) is 23.5 Å². The van der Waals surface area contributed by atoms with E-state index in [0.717, 1.165) is 61.0 Å². The second kappa shape index (κ2) is 10.2. The summed E-state index contributed by atoms with van der Waals surface area (Å²) in [7, 11) is 0. The molecule has 34 heavy (non-hydrogen) atoms. The SMILES string of the molecule is Cc1cc(CN2CCN(CC(=O)Nc3c(C#N)c(C)c(C)n3Cc3ccc(F)cc3)CC2)no1. The minimum absolute atomic E-state index is 0.157. The number of nitrogens with zero attached hydrogens (tertiary/aromatic N) is 5. The summed E-state index contributed by atoms with van der Waals surface area (Å²) >= 11 is 0. The molecule has 178 valence electrons. The Morgan fingerprint density at radius 1 is 1.12 bits per heavy atom. The average Bonchev–Trinajstić information content (AvgIpc) is 3.32. The lowest BCUT2D eigenvalue weighted by Crippen LogP contribution is -2.48. The number of nitrogens with one attached hydrogen (secondary N) is 1. The van der Waals surface area contributed by atoms with Gasteiger partial charge in [0.05, 0.1) is 17.8 Å². The van der Waals surface area contributed by atoms with Crippen molar-refractivity contribution in [2.45, 2.75) is 33.9 Å². The van der Waals surface area contributed by atoms with E-state index in [0.29, 0.717) is 17.9 Å². The van der Waals surface area contributed by atoms with Gasteiger partial charge in [-0.1, -0.05) is 17.3 Å². The Bertz CT molecular complexity index is 1200. The van der Waals surface area contributed by atoms with Crippen molar-refractivity contribution in [2.75, 3.05) is 38.0 Å². The smallest absolute Gasteiger partial charge is 0.239 e. The number of rotatable bonds is 7. The number of aromatic nitrogens is 2. The van der Waals surface area contributed by atoms with Gasteiger partial charge in [0.25, 0.3) is 0 Å². The molecule has 4 rings (SSSR count). The van der Waals surface area contributed by atoms with Crippen LogP contribution in [0.2, 0.25) is 0 Å². The number of benzene rings is 1. The maximum atomic E-state index is 13.3. The van der Waals surface area contributed by atoms with Crippen molar-refractivity contribution in [3.05, 3.63) is 70.0 Å². The summed E-state index contributed by atoms with van der Waals surface area (Å²) in [5.41, 5.74) is 3.99. The Morgan fingerprint density at radius 2 is 1.79 bits per heavy atom. The molecule has 9 heteroatoms. The third-order valence-corrected chi connectivity index (χ3v) is 6.35. The molecule has 1 saturated heterocycles. The molecule has 1 aliphatic rings. The molecule has 0 aliphatic carbocycles. The lowest BCUT2D eigenvalue weighted by atomic mass is 10.2. The molecule has 0 unspecified atom stereocenters. The maximum Gasteiger partial charge on any atom is 0.239 e. The van der Waals surface area contributed by atoms with Gasteiger partial charge in [-0.15, -0.1) is 0 Å². The predicted octanol–water partition coefficient (Wildman–Crippen LogP) is 3.22. The molecule has 3 aromatic rings. The fourth-order valence-corrected chi connectivity index (χ4v) is 4.30. The molecule has 0 bridgehead atoms. The van der Waals surface area contributed by atoms with Crippen LogP contribution in [0, 0.1) is 37.9 Å². The first-order valence-electron chi connectivity index (χ1n) is 11.3. The molecule has 2 aromatic heterocycles. The summed E-state index contributed by atoms with van der Waals surface area (Å²) in [6.45, 7) is 10.3. The second-order valence-electron chi connectivity index (χ2n) is 8.79. The van der Waals surface area contributed by atoms with Gasteiger partial charge < -0.3 is 14.4 Å². The van der Waals surface area contributed by atoms with Crippen LogP contribution in [0.15, 0.2) is 34.9 Å². The quantitative estimate of drug-likeness (QED) is 0.578. The number of amides is 1. The van der Waals surface area contributed by atoms with E-state index >= 15 is 0 Å². The number of halogens is 1. The van der Waals surface area contributed by atoms with Crippen LogP contribution in [0.1, 0.15) is 33.8 Å². The largest absolute Gasteiger partial charge is 0.361 e. The van der Waals surface area contributed by atoms with Crippen LogP contribution >= 0.6 is 0 Å². The van der Waals surface area contributed by atoms with Crippen LogP contribution in [0.5, 0.6) is 0 Å². The second-order valence-corrected chi connectivity index (χ2v) is 8.79. The van der Waals surface area contributed by atoms with Gasteiger partial charge in [-0.25, -0.2) is 4.39 Å². The number of carbonyl (C=O) groups is 1. The Balaban J connectivity index is 1.39. The van der Waals surface area contributed by atoms with Crippen LogP contribution in [-0.4, -0.2) is 58.2 Å². The summed E-state index contributed by atoms with van der Waals surface area (Å²) in [5.74, 6) is 0.838. The van der Waals surface area contributed by atoms with Crippen molar-refractivity contribution in [3.8, 4) is 6.07 Å². The molecule has 1 N–H and O–H groups in total. The molecule has 0 saturated carbocycles. The van der Waals surface area contributed by atoms with Crippen LogP contribution in [0.25, 0.3) is 0 Å². The van der Waals surface area contributed by atoms with E-state index in [4.69, 9.17) is 4.52 Å². The Hall–Kier alpha value is -3.48. The van der Waals surface area contributed by atoms with Crippen LogP contribution in [-0.2, 0) is 17.9 Å². The van der Waals surface area contributed by atoms with Gasteiger partial charge in [0.15, 0.2) is 0 Å². The predicted molar refractivity (Wildman–Crippen MR) is 126 cm³/mol. The monoisotopic (exact) mass is 464 g/mol. The van der Waals surface area contributed by atoms with Crippen LogP contribution < -0.4 is 5.32 Å². The van der Waals surface area contributed by atoms with Crippen molar-refractivity contribution in [1.82, 2.24) is 19.5 Å². The van der Waals surface area contributed by atoms with Gasteiger partial charge in [0, 0.05) is 51.0 Å². The third-order valence-electron chi connectivity index (χ3n) is 6.35. The molecule has 3 heterocycles. The fourth-order valence-electron chi connectivity index (χ4n) is 4.30. The third kappa shape index (κ3) is 5.35. The van der Waals surface area contributed by atoms with Gasteiger partial charge in [-0.2, -0.15) is 5.26 Å². The van der Waals surface area contributed by atoms with Crippen molar-refractivity contribution < 1.29 is 13.7 Å². The normalized spacial score (nSPS) is 14.8. The van der Waals surface area contributed by atoms with E-state index in [1.165, 1.54) is 12.1 Å². The lowest BCUT2D eigenvalue weighted by Gasteiger charge is -2.33. The molecule has 1 amide bonds. The molecule has 0 spiro atoms. The van der Waals surface area contributed by atoms with E-state index in [1.807, 2.05) is 31.4 Å². The molecule has 0 atom stereocenters. The maximum absolute atomic E-state index is 13.3. The number of aryl methyl sites for hydroxylation is 1. The first kappa shape index (κ1) is 23.7. The summed E-state index contributed by atoms with van der Waals surface area (Å²) in [6.07, 6.45) is 0. The lowest BCUT2D eigenvalue weighted by molar-refractivity contribution is -0.117. The van der Waals surface area contributed by atoms with Crippen molar-refractivity contribution in [1.29, 1.82) is 5.26 Å². The van der Waals surface area contributed by atoms with Crippen molar-refractivity contribution in [2.24, 2.45) is 0 Å². The van der Waals surface area contributed by atoms with E-state index < -0.39 is 0 Å². The Kier molecular flexibility index (Phi) is 7.10. The summed E-state index contributed by atoms with van der Waals surface area (Å²) in [5, 5.41) is 16.8. The highest BCUT2D eigenvalue weighted by Gasteiger charge is 2.23. The molecule has 1 aromatic carbocycles. The Morgan fingerprint density at radius 3 is 2.41 bits per heavy atom. The minimum Gasteiger partial charge on any atom is -0.361 e. The average molecular weight is 465 g/mol. The number of nitriles is 1. The summed E-state index contributed by atoms with van der Waals surface area (Å²) in [4.78, 5) is 17.3. The van der Waals surface area contributed by atoms with Gasteiger partial charge in [-0.3, -0.25) is 14.6 Å². The standard InChI is InChI=1S/C25H29FN6O2/c1-17-12-22(29-34-17)15-30-8-10-31(11-9-30)16-24(33)28-25-23(13-27)18(2)19(3)32(25)14-20-4-6-21(26)7-5-20/h4-7,12H,8-11,14-16H2,1-3H3,(H,28,33). The number of hydrogen-bond acceptors (Lipinski definition) is 6. The minimum atomic E-state index is -0.299. The molecular weight excluding hydrogens is 435 g/mol. The van der Waals surface area contributed by atoms with Gasteiger partial charge in [0.2, 0.25) is 5.91 Å². The fraction of sp³-hybridized carbons (Fsp3) is 0.400. The molecular formula is C25H29FN6O2. The highest BCUT2D eigenvalue weighted by Crippen LogP contribution is 2.27.